The van der Waals surface area contributed by atoms with Gasteiger partial charge >= 0.3 is 5.97 Å². The highest BCUT2D eigenvalue weighted by Gasteiger charge is 2.35. The SMILES string of the molecule is CCOC(=O)c1c(NC(=O)C(CC)Sc2cccc(NC(=O)/C=C/c3ccccc3)c2)sc2c1CCC(C(C)(C)C)C2. The van der Waals surface area contributed by atoms with Crippen molar-refractivity contribution >= 4 is 57.6 Å². The van der Waals surface area contributed by atoms with Gasteiger partial charge in [0.2, 0.25) is 11.8 Å². The monoisotopic (exact) mass is 604 g/mol. The maximum Gasteiger partial charge on any atom is 0.341 e. The molecule has 2 amide bonds. The molecular formula is C34H40N2O4S2. The van der Waals surface area contributed by atoms with Crippen LogP contribution in [0.4, 0.5) is 10.7 Å². The lowest BCUT2D eigenvalue weighted by Gasteiger charge is -2.33. The molecule has 0 radical (unpaired) electrons. The number of carbonyl (C=O) groups is 3. The molecule has 0 bridgehead atoms. The third-order valence-corrected chi connectivity index (χ3v) is 10.0. The molecule has 222 valence electrons. The van der Waals surface area contributed by atoms with Gasteiger partial charge in [0.1, 0.15) is 5.00 Å². The molecule has 6 nitrogen and oxygen atoms in total. The third kappa shape index (κ3) is 8.13. The van der Waals surface area contributed by atoms with Crippen LogP contribution in [0.5, 0.6) is 0 Å². The molecule has 3 aromatic rings. The first-order chi connectivity index (χ1) is 20.1. The minimum absolute atomic E-state index is 0.153. The van der Waals surface area contributed by atoms with Crippen molar-refractivity contribution in [1.29, 1.82) is 0 Å². The van der Waals surface area contributed by atoms with E-state index in [-0.39, 0.29) is 35.1 Å². The Bertz CT molecular complexity index is 1440. The van der Waals surface area contributed by atoms with Gasteiger partial charge in [-0.05, 0) is 79.3 Å². The Morgan fingerprint density at radius 2 is 1.83 bits per heavy atom. The molecule has 1 aliphatic rings. The van der Waals surface area contributed by atoms with E-state index in [1.807, 2.05) is 61.5 Å². The van der Waals surface area contributed by atoms with Crippen LogP contribution in [0.25, 0.3) is 6.08 Å². The summed E-state index contributed by atoms with van der Waals surface area (Å²) in [6.45, 7) is 10.8. The lowest BCUT2D eigenvalue weighted by molar-refractivity contribution is -0.115. The van der Waals surface area contributed by atoms with Crippen LogP contribution in [0.3, 0.4) is 0 Å². The van der Waals surface area contributed by atoms with Crippen molar-refractivity contribution in [2.24, 2.45) is 11.3 Å². The number of hydrogen-bond donors (Lipinski definition) is 2. The van der Waals surface area contributed by atoms with Crippen molar-refractivity contribution < 1.29 is 19.1 Å². The van der Waals surface area contributed by atoms with Gasteiger partial charge in [0.25, 0.3) is 0 Å². The van der Waals surface area contributed by atoms with Crippen LogP contribution in [-0.4, -0.2) is 29.6 Å². The number of thioether (sulfide) groups is 1. The minimum atomic E-state index is -0.384. The third-order valence-electron chi connectivity index (χ3n) is 7.48. The van der Waals surface area contributed by atoms with Crippen LogP contribution in [-0.2, 0) is 27.2 Å². The highest BCUT2D eigenvalue weighted by Crippen LogP contribution is 2.45. The molecule has 1 heterocycles. The highest BCUT2D eigenvalue weighted by molar-refractivity contribution is 8.00. The Morgan fingerprint density at radius 1 is 1.07 bits per heavy atom. The summed E-state index contributed by atoms with van der Waals surface area (Å²) >= 11 is 2.95. The first-order valence-corrected chi connectivity index (χ1v) is 16.2. The molecule has 1 aliphatic carbocycles. The highest BCUT2D eigenvalue weighted by atomic mass is 32.2. The molecule has 0 saturated carbocycles. The van der Waals surface area contributed by atoms with Gasteiger partial charge in [-0.15, -0.1) is 23.1 Å². The summed E-state index contributed by atoms with van der Waals surface area (Å²) in [6.07, 6.45) is 6.58. The van der Waals surface area contributed by atoms with E-state index in [0.717, 1.165) is 35.3 Å². The number of ether oxygens (including phenoxy) is 1. The standard InChI is InChI=1S/C34H40N2O4S2/c1-6-27(41-25-15-11-14-24(21-25)35-29(37)19-16-22-12-9-8-10-13-22)31(38)36-32-30(33(39)40-7-2)26-18-17-23(34(3,4)5)20-28(26)42-32/h8-16,19,21,23,27H,6-7,17-18,20H2,1-5H3,(H,35,37)(H,36,38)/b19-16+. The molecule has 0 spiro atoms. The Labute approximate surface area is 257 Å². The first-order valence-electron chi connectivity index (χ1n) is 14.5. The topological polar surface area (TPSA) is 84.5 Å². The minimum Gasteiger partial charge on any atom is -0.462 e. The van der Waals surface area contributed by atoms with E-state index in [0.29, 0.717) is 28.6 Å². The summed E-state index contributed by atoms with van der Waals surface area (Å²) in [4.78, 5) is 41.1. The summed E-state index contributed by atoms with van der Waals surface area (Å²) in [5, 5.41) is 6.19. The summed E-state index contributed by atoms with van der Waals surface area (Å²) < 4.78 is 5.41. The predicted molar refractivity (Wildman–Crippen MR) is 174 cm³/mol. The number of fused-ring (bicyclic) bond motifs is 1. The zero-order valence-corrected chi connectivity index (χ0v) is 26.6. The number of benzene rings is 2. The molecule has 42 heavy (non-hydrogen) atoms. The van der Waals surface area contributed by atoms with E-state index < -0.39 is 0 Å². The number of amides is 2. The fourth-order valence-corrected chi connectivity index (χ4v) is 7.41. The summed E-state index contributed by atoms with van der Waals surface area (Å²) in [5.74, 6) is -0.236. The number of thiophene rings is 1. The van der Waals surface area contributed by atoms with Gasteiger partial charge in [-0.2, -0.15) is 0 Å². The maximum absolute atomic E-state index is 13.5. The van der Waals surface area contributed by atoms with Gasteiger partial charge in [0, 0.05) is 21.5 Å². The van der Waals surface area contributed by atoms with E-state index in [1.165, 1.54) is 34.1 Å². The van der Waals surface area contributed by atoms with Crippen molar-refractivity contribution in [3.05, 3.63) is 82.2 Å². The Kier molecular flexibility index (Phi) is 10.7. The molecular weight excluding hydrogens is 565 g/mol. The number of esters is 1. The molecule has 2 atom stereocenters. The second-order valence-corrected chi connectivity index (χ2v) is 13.9. The molecule has 2 unspecified atom stereocenters. The van der Waals surface area contributed by atoms with Crippen molar-refractivity contribution in [3.8, 4) is 0 Å². The number of carbonyl (C=O) groups excluding carboxylic acids is 3. The van der Waals surface area contributed by atoms with Crippen LogP contribution in [0.1, 0.15) is 73.8 Å². The molecule has 2 N–H and O–H groups in total. The van der Waals surface area contributed by atoms with Crippen LogP contribution in [0, 0.1) is 11.3 Å². The van der Waals surface area contributed by atoms with Gasteiger partial charge in [0.05, 0.1) is 17.4 Å². The van der Waals surface area contributed by atoms with Gasteiger partial charge in [-0.3, -0.25) is 9.59 Å². The van der Waals surface area contributed by atoms with Gasteiger partial charge in [0.15, 0.2) is 0 Å². The molecule has 0 aliphatic heterocycles. The predicted octanol–water partition coefficient (Wildman–Crippen LogP) is 8.24. The van der Waals surface area contributed by atoms with E-state index >= 15 is 0 Å². The maximum atomic E-state index is 13.5. The molecule has 1 aromatic heterocycles. The quantitative estimate of drug-likeness (QED) is 0.138. The van der Waals surface area contributed by atoms with E-state index in [1.54, 1.807) is 13.0 Å². The van der Waals surface area contributed by atoms with Crippen LogP contribution >= 0.6 is 23.1 Å². The van der Waals surface area contributed by atoms with Crippen LogP contribution in [0.15, 0.2) is 65.6 Å². The van der Waals surface area contributed by atoms with Crippen molar-refractivity contribution in [1.82, 2.24) is 0 Å². The van der Waals surface area contributed by atoms with Crippen LogP contribution in [0.2, 0.25) is 0 Å². The molecule has 2 aromatic carbocycles. The molecule has 4 rings (SSSR count). The van der Waals surface area contributed by atoms with E-state index in [4.69, 9.17) is 4.74 Å². The van der Waals surface area contributed by atoms with Gasteiger partial charge in [-0.1, -0.05) is 64.1 Å². The van der Waals surface area contributed by atoms with Crippen molar-refractivity contribution in [3.63, 3.8) is 0 Å². The number of hydrogen-bond acceptors (Lipinski definition) is 6. The molecule has 8 heteroatoms. The largest absolute Gasteiger partial charge is 0.462 e. The Morgan fingerprint density at radius 3 is 2.52 bits per heavy atom. The normalized spacial score (nSPS) is 15.6. The van der Waals surface area contributed by atoms with Crippen molar-refractivity contribution in [2.75, 3.05) is 17.2 Å². The Balaban J connectivity index is 1.46. The van der Waals surface area contributed by atoms with Crippen LogP contribution < -0.4 is 10.6 Å². The number of nitrogens with one attached hydrogen (secondary N) is 2. The first kappa shape index (κ1) is 31.6. The van der Waals surface area contributed by atoms with Gasteiger partial charge < -0.3 is 15.4 Å². The number of rotatable bonds is 10. The fraction of sp³-hybridized carbons (Fsp3) is 0.382. The average molecular weight is 605 g/mol. The second-order valence-electron chi connectivity index (χ2n) is 11.5. The average Bonchev–Trinajstić information content (AvgIpc) is 3.32. The second kappa shape index (κ2) is 14.2. The lowest BCUT2D eigenvalue weighted by atomic mass is 9.72. The molecule has 0 saturated heterocycles. The van der Waals surface area contributed by atoms with Crippen molar-refractivity contribution in [2.45, 2.75) is 70.4 Å². The molecule has 0 fully saturated rings. The lowest BCUT2D eigenvalue weighted by Crippen LogP contribution is -2.27. The van der Waals surface area contributed by atoms with Gasteiger partial charge in [-0.25, -0.2) is 4.79 Å². The number of anilines is 2. The fourth-order valence-electron chi connectivity index (χ4n) is 5.08. The summed E-state index contributed by atoms with van der Waals surface area (Å²) in [6, 6.07) is 17.1. The zero-order chi connectivity index (χ0) is 30.3. The zero-order valence-electron chi connectivity index (χ0n) is 25.0. The Hall–Kier alpha value is -3.36. The summed E-state index contributed by atoms with van der Waals surface area (Å²) in [7, 11) is 0. The van der Waals surface area contributed by atoms with E-state index in [2.05, 4.69) is 31.4 Å². The van der Waals surface area contributed by atoms with E-state index in [9.17, 15) is 14.4 Å². The summed E-state index contributed by atoms with van der Waals surface area (Å²) in [5.41, 5.74) is 3.32. The smallest absolute Gasteiger partial charge is 0.341 e.